The lowest BCUT2D eigenvalue weighted by Gasteiger charge is -2.29. The molecule has 0 saturated carbocycles. The van der Waals surface area contributed by atoms with E-state index in [2.05, 4.69) is 21.2 Å². The Morgan fingerprint density at radius 3 is 2.32 bits per heavy atom. The standard InChI is InChI=1S/C23H14BrFN2O3S/c24-15-7-6-14(20(25)13-15)12-19-21(28)26-23(31)27(22(19)29)16-8-10-18(11-9-16)30-17-4-2-1-3-5-17/h1-13H,(H,26,28,31)/b19-12+. The van der Waals surface area contributed by atoms with E-state index >= 15 is 0 Å². The molecule has 1 aliphatic rings. The summed E-state index contributed by atoms with van der Waals surface area (Å²) in [6.45, 7) is 0. The predicted octanol–water partition coefficient (Wildman–Crippen LogP) is 5.21. The molecule has 0 aromatic heterocycles. The summed E-state index contributed by atoms with van der Waals surface area (Å²) in [5.41, 5.74) is 0.332. The zero-order chi connectivity index (χ0) is 22.0. The van der Waals surface area contributed by atoms with Crippen LogP contribution < -0.4 is 15.0 Å². The maximum Gasteiger partial charge on any atom is 0.270 e. The highest BCUT2D eigenvalue weighted by molar-refractivity contribution is 9.10. The molecule has 3 aromatic carbocycles. The summed E-state index contributed by atoms with van der Waals surface area (Å²) in [6.07, 6.45) is 1.21. The van der Waals surface area contributed by atoms with Crippen LogP contribution in [0.15, 0.2) is 82.8 Å². The van der Waals surface area contributed by atoms with Gasteiger partial charge in [0.25, 0.3) is 11.8 Å². The van der Waals surface area contributed by atoms with Crippen LogP contribution in [-0.2, 0) is 9.59 Å². The number of anilines is 1. The molecular formula is C23H14BrFN2O3S. The third kappa shape index (κ3) is 4.55. The summed E-state index contributed by atoms with van der Waals surface area (Å²) in [7, 11) is 0. The monoisotopic (exact) mass is 496 g/mol. The number of halogens is 2. The number of ether oxygens (including phenoxy) is 1. The van der Waals surface area contributed by atoms with E-state index in [0.717, 1.165) is 0 Å². The van der Waals surface area contributed by atoms with Gasteiger partial charge >= 0.3 is 0 Å². The number of nitrogens with zero attached hydrogens (tertiary/aromatic N) is 1. The van der Waals surface area contributed by atoms with Gasteiger partial charge in [0.05, 0.1) is 5.69 Å². The van der Waals surface area contributed by atoms with Crippen LogP contribution in [0.3, 0.4) is 0 Å². The van der Waals surface area contributed by atoms with Crippen molar-refractivity contribution >= 4 is 56.8 Å². The van der Waals surface area contributed by atoms with Crippen LogP contribution in [0.2, 0.25) is 0 Å². The Hall–Kier alpha value is -3.36. The summed E-state index contributed by atoms with van der Waals surface area (Å²) >= 11 is 8.37. The lowest BCUT2D eigenvalue weighted by atomic mass is 10.1. The normalized spacial score (nSPS) is 15.2. The van der Waals surface area contributed by atoms with Gasteiger partial charge in [-0.25, -0.2) is 4.39 Å². The molecule has 1 saturated heterocycles. The largest absolute Gasteiger partial charge is 0.457 e. The average Bonchev–Trinajstić information content (AvgIpc) is 2.74. The Morgan fingerprint density at radius 1 is 0.968 bits per heavy atom. The van der Waals surface area contributed by atoms with Crippen LogP contribution in [0.4, 0.5) is 10.1 Å². The van der Waals surface area contributed by atoms with E-state index in [1.54, 1.807) is 30.3 Å². The number of carbonyl (C=O) groups excluding carboxylic acids is 2. The van der Waals surface area contributed by atoms with Gasteiger partial charge in [-0.1, -0.05) is 40.2 Å². The van der Waals surface area contributed by atoms with Gasteiger partial charge in [0.2, 0.25) is 0 Å². The number of thiocarbonyl (C=S) groups is 1. The Labute approximate surface area is 191 Å². The molecule has 4 rings (SSSR count). The number of carbonyl (C=O) groups is 2. The van der Waals surface area contributed by atoms with E-state index < -0.39 is 17.6 Å². The van der Waals surface area contributed by atoms with Crippen LogP contribution >= 0.6 is 28.1 Å². The lowest BCUT2D eigenvalue weighted by molar-refractivity contribution is -0.122. The number of amides is 2. The SMILES string of the molecule is O=C1NC(=S)N(c2ccc(Oc3ccccc3)cc2)C(=O)/C1=C/c1ccc(Br)cc1F. The van der Waals surface area contributed by atoms with E-state index in [4.69, 9.17) is 17.0 Å². The maximum atomic E-state index is 14.2. The highest BCUT2D eigenvalue weighted by Crippen LogP contribution is 2.27. The van der Waals surface area contributed by atoms with Gasteiger partial charge in [0, 0.05) is 10.0 Å². The average molecular weight is 497 g/mol. The van der Waals surface area contributed by atoms with E-state index in [9.17, 15) is 14.0 Å². The fourth-order valence-electron chi connectivity index (χ4n) is 2.95. The van der Waals surface area contributed by atoms with Crippen molar-refractivity contribution in [3.8, 4) is 11.5 Å². The lowest BCUT2D eigenvalue weighted by Crippen LogP contribution is -2.54. The summed E-state index contributed by atoms with van der Waals surface area (Å²) in [6, 6.07) is 20.3. The first-order chi connectivity index (χ1) is 14.9. The fourth-order valence-corrected chi connectivity index (χ4v) is 3.57. The summed E-state index contributed by atoms with van der Waals surface area (Å²) < 4.78 is 20.5. The van der Waals surface area contributed by atoms with Gasteiger partial charge in [-0.05, 0) is 66.8 Å². The summed E-state index contributed by atoms with van der Waals surface area (Å²) in [5, 5.41) is 2.42. The highest BCUT2D eigenvalue weighted by Gasteiger charge is 2.34. The van der Waals surface area contributed by atoms with Crippen molar-refractivity contribution in [3.63, 3.8) is 0 Å². The summed E-state index contributed by atoms with van der Waals surface area (Å²) in [5.74, 6) is -0.647. The molecular weight excluding hydrogens is 483 g/mol. The first-order valence-corrected chi connectivity index (χ1v) is 10.3. The molecule has 154 valence electrons. The molecule has 5 nitrogen and oxygen atoms in total. The minimum atomic E-state index is -0.683. The number of nitrogens with one attached hydrogen (secondary N) is 1. The van der Waals surface area contributed by atoms with Crippen LogP contribution in [0.25, 0.3) is 6.08 Å². The van der Waals surface area contributed by atoms with E-state index in [1.165, 1.54) is 23.1 Å². The molecule has 1 aliphatic heterocycles. The molecule has 0 spiro atoms. The zero-order valence-electron chi connectivity index (χ0n) is 15.8. The minimum Gasteiger partial charge on any atom is -0.457 e. The number of hydrogen-bond donors (Lipinski definition) is 1. The van der Waals surface area contributed by atoms with Gasteiger partial charge in [0.1, 0.15) is 22.9 Å². The van der Waals surface area contributed by atoms with Gasteiger partial charge in [0.15, 0.2) is 5.11 Å². The van der Waals surface area contributed by atoms with Gasteiger partial charge in [-0.2, -0.15) is 0 Å². The second-order valence-electron chi connectivity index (χ2n) is 6.53. The fraction of sp³-hybridized carbons (Fsp3) is 0. The molecule has 31 heavy (non-hydrogen) atoms. The third-order valence-electron chi connectivity index (χ3n) is 4.44. The highest BCUT2D eigenvalue weighted by atomic mass is 79.9. The number of hydrogen-bond acceptors (Lipinski definition) is 4. The molecule has 2 amide bonds. The topological polar surface area (TPSA) is 58.6 Å². The zero-order valence-corrected chi connectivity index (χ0v) is 18.2. The molecule has 8 heteroatoms. The van der Waals surface area contributed by atoms with Crippen molar-refractivity contribution in [3.05, 3.63) is 94.2 Å². The van der Waals surface area contributed by atoms with Crippen molar-refractivity contribution in [2.75, 3.05) is 4.90 Å². The molecule has 0 atom stereocenters. The Balaban J connectivity index is 1.62. The van der Waals surface area contributed by atoms with Crippen LogP contribution in [0.5, 0.6) is 11.5 Å². The van der Waals surface area contributed by atoms with Crippen molar-refractivity contribution in [1.29, 1.82) is 0 Å². The molecule has 1 fully saturated rings. The van der Waals surface area contributed by atoms with Crippen LogP contribution in [-0.4, -0.2) is 16.9 Å². The Morgan fingerprint density at radius 2 is 1.65 bits per heavy atom. The van der Waals surface area contributed by atoms with E-state index in [-0.39, 0.29) is 16.2 Å². The van der Waals surface area contributed by atoms with Gasteiger partial charge < -0.3 is 4.74 Å². The predicted molar refractivity (Wildman–Crippen MR) is 123 cm³/mol. The molecule has 0 bridgehead atoms. The second-order valence-corrected chi connectivity index (χ2v) is 7.84. The van der Waals surface area contributed by atoms with E-state index in [0.29, 0.717) is 21.7 Å². The molecule has 3 aromatic rings. The summed E-state index contributed by atoms with van der Waals surface area (Å²) in [4.78, 5) is 26.6. The Kier molecular flexibility index (Phi) is 5.92. The molecule has 0 unspecified atom stereocenters. The first-order valence-electron chi connectivity index (χ1n) is 9.12. The second kappa shape index (κ2) is 8.79. The van der Waals surface area contributed by atoms with Crippen molar-refractivity contribution < 1.29 is 18.7 Å². The smallest absolute Gasteiger partial charge is 0.270 e. The first kappa shape index (κ1) is 20.9. The van der Waals surface area contributed by atoms with Gasteiger partial charge in [-0.3, -0.25) is 19.8 Å². The van der Waals surface area contributed by atoms with Crippen LogP contribution in [0, 0.1) is 5.82 Å². The van der Waals surface area contributed by atoms with Gasteiger partial charge in [-0.15, -0.1) is 0 Å². The van der Waals surface area contributed by atoms with Crippen molar-refractivity contribution in [1.82, 2.24) is 5.32 Å². The minimum absolute atomic E-state index is 0.0554. The molecule has 0 radical (unpaired) electrons. The van der Waals surface area contributed by atoms with Crippen molar-refractivity contribution in [2.24, 2.45) is 0 Å². The Bertz CT molecular complexity index is 1210. The third-order valence-corrected chi connectivity index (χ3v) is 5.22. The molecule has 1 heterocycles. The number of rotatable bonds is 4. The maximum absolute atomic E-state index is 14.2. The quantitative estimate of drug-likeness (QED) is 0.306. The van der Waals surface area contributed by atoms with E-state index in [1.807, 2.05) is 30.3 Å². The van der Waals surface area contributed by atoms with Crippen molar-refractivity contribution in [2.45, 2.75) is 0 Å². The number of para-hydroxylation sites is 1. The molecule has 1 N–H and O–H groups in total. The number of benzene rings is 3. The van der Waals surface area contributed by atoms with Crippen LogP contribution in [0.1, 0.15) is 5.56 Å². The molecule has 0 aliphatic carbocycles.